The molecule has 1 aliphatic rings. The second-order valence-corrected chi connectivity index (χ2v) is 6.34. The number of hydrogen-bond donors (Lipinski definition) is 1. The maximum absolute atomic E-state index is 11.7. The van der Waals surface area contributed by atoms with E-state index in [0.29, 0.717) is 32.2 Å². The van der Waals surface area contributed by atoms with E-state index >= 15 is 0 Å². The van der Waals surface area contributed by atoms with E-state index in [2.05, 4.69) is 5.32 Å². The van der Waals surface area contributed by atoms with Gasteiger partial charge in [0, 0.05) is 11.6 Å². The molecule has 1 aromatic heterocycles. The summed E-state index contributed by atoms with van der Waals surface area (Å²) < 4.78 is 16.7. The molecule has 7 heteroatoms. The molecule has 1 aromatic carbocycles. The molecule has 0 atom stereocenters. The number of thioether (sulfide) groups is 1. The third-order valence-corrected chi connectivity index (χ3v) is 4.37. The van der Waals surface area contributed by atoms with Crippen LogP contribution in [-0.4, -0.2) is 24.4 Å². The van der Waals surface area contributed by atoms with Gasteiger partial charge in [0.15, 0.2) is 11.5 Å². The SMILES string of the molecule is COc1ccc(-c2ccc(C=C3SC(=S)NC3=O)o2)cc1OC. The fourth-order valence-electron chi connectivity index (χ4n) is 2.13. The molecule has 2 aromatic rings. The van der Waals surface area contributed by atoms with E-state index in [1.54, 1.807) is 26.4 Å². The van der Waals surface area contributed by atoms with Crippen LogP contribution in [0.1, 0.15) is 5.76 Å². The number of amides is 1. The molecule has 2 heterocycles. The predicted molar refractivity (Wildman–Crippen MR) is 93.6 cm³/mol. The van der Waals surface area contributed by atoms with Crippen molar-refractivity contribution in [2.24, 2.45) is 0 Å². The fourth-order valence-corrected chi connectivity index (χ4v) is 3.15. The van der Waals surface area contributed by atoms with Crippen molar-refractivity contribution in [3.05, 3.63) is 41.0 Å². The molecule has 0 spiro atoms. The van der Waals surface area contributed by atoms with Crippen molar-refractivity contribution in [1.29, 1.82) is 0 Å². The second-order valence-electron chi connectivity index (χ2n) is 4.62. The molecule has 1 fully saturated rings. The molecule has 0 saturated carbocycles. The van der Waals surface area contributed by atoms with Crippen LogP contribution in [0.25, 0.3) is 17.4 Å². The van der Waals surface area contributed by atoms with Crippen LogP contribution in [0, 0.1) is 0 Å². The predicted octanol–water partition coefficient (Wildman–Crippen LogP) is 3.45. The molecule has 23 heavy (non-hydrogen) atoms. The summed E-state index contributed by atoms with van der Waals surface area (Å²) in [7, 11) is 3.17. The summed E-state index contributed by atoms with van der Waals surface area (Å²) in [6.07, 6.45) is 1.67. The standard InChI is InChI=1S/C16H13NO4S2/c1-19-12-5-3-9(7-13(12)20-2)11-6-4-10(21-11)8-14-15(18)17-16(22)23-14/h3-8H,1-2H3,(H,17,18,22). The van der Waals surface area contributed by atoms with E-state index in [0.717, 1.165) is 5.56 Å². The third kappa shape index (κ3) is 3.25. The summed E-state index contributed by atoms with van der Waals surface area (Å²) in [6, 6.07) is 9.16. The van der Waals surface area contributed by atoms with E-state index in [-0.39, 0.29) is 5.91 Å². The number of ether oxygens (including phenoxy) is 2. The van der Waals surface area contributed by atoms with Crippen LogP contribution in [0.2, 0.25) is 0 Å². The Labute approximate surface area is 142 Å². The number of nitrogens with one attached hydrogen (secondary N) is 1. The average molecular weight is 347 g/mol. The number of carbonyl (C=O) groups excluding carboxylic acids is 1. The van der Waals surface area contributed by atoms with Crippen LogP contribution in [0.4, 0.5) is 0 Å². The fraction of sp³-hybridized carbons (Fsp3) is 0.125. The number of hydrogen-bond acceptors (Lipinski definition) is 6. The third-order valence-electron chi connectivity index (χ3n) is 3.21. The molecular weight excluding hydrogens is 334 g/mol. The molecule has 5 nitrogen and oxygen atoms in total. The molecule has 0 radical (unpaired) electrons. The molecule has 118 valence electrons. The van der Waals surface area contributed by atoms with E-state index in [9.17, 15) is 4.79 Å². The van der Waals surface area contributed by atoms with E-state index in [1.165, 1.54) is 11.8 Å². The topological polar surface area (TPSA) is 60.7 Å². The monoisotopic (exact) mass is 347 g/mol. The normalized spacial score (nSPS) is 15.8. The number of thiocarbonyl (C=S) groups is 1. The molecule has 0 bridgehead atoms. The van der Waals surface area contributed by atoms with Crippen molar-refractivity contribution >= 4 is 40.3 Å². The van der Waals surface area contributed by atoms with E-state index < -0.39 is 0 Å². The van der Waals surface area contributed by atoms with Gasteiger partial charge in [0.25, 0.3) is 5.91 Å². The smallest absolute Gasteiger partial charge is 0.263 e. The van der Waals surface area contributed by atoms with Crippen molar-refractivity contribution in [2.75, 3.05) is 14.2 Å². The zero-order valence-corrected chi connectivity index (χ0v) is 14.0. The first-order chi connectivity index (χ1) is 11.1. The number of methoxy groups -OCH3 is 2. The quantitative estimate of drug-likeness (QED) is 0.675. The first kappa shape index (κ1) is 15.6. The molecule has 0 unspecified atom stereocenters. The van der Waals surface area contributed by atoms with Gasteiger partial charge in [-0.2, -0.15) is 0 Å². The highest BCUT2D eigenvalue weighted by atomic mass is 32.2. The Balaban J connectivity index is 1.89. The summed E-state index contributed by atoms with van der Waals surface area (Å²) in [6.45, 7) is 0. The summed E-state index contributed by atoms with van der Waals surface area (Å²) in [5, 5.41) is 2.57. The van der Waals surface area contributed by atoms with Gasteiger partial charge < -0.3 is 19.2 Å². The lowest BCUT2D eigenvalue weighted by atomic mass is 10.1. The van der Waals surface area contributed by atoms with Gasteiger partial charge in [-0.05, 0) is 30.3 Å². The maximum atomic E-state index is 11.7. The zero-order chi connectivity index (χ0) is 16.4. The minimum absolute atomic E-state index is 0.205. The van der Waals surface area contributed by atoms with Gasteiger partial charge in [0.2, 0.25) is 0 Å². The lowest BCUT2D eigenvalue weighted by Crippen LogP contribution is -2.17. The second kappa shape index (κ2) is 6.47. The van der Waals surface area contributed by atoms with Crippen LogP contribution in [0.15, 0.2) is 39.7 Å². The highest BCUT2D eigenvalue weighted by Gasteiger charge is 2.22. The Bertz CT molecular complexity index is 810. The molecule has 3 rings (SSSR count). The molecule has 1 amide bonds. The molecule has 1 saturated heterocycles. The lowest BCUT2D eigenvalue weighted by Gasteiger charge is -2.08. The number of furan rings is 1. The van der Waals surface area contributed by atoms with Crippen molar-refractivity contribution in [3.63, 3.8) is 0 Å². The highest BCUT2D eigenvalue weighted by molar-refractivity contribution is 8.26. The van der Waals surface area contributed by atoms with Crippen molar-refractivity contribution in [3.8, 4) is 22.8 Å². The number of benzene rings is 1. The van der Waals surface area contributed by atoms with Crippen molar-refractivity contribution < 1.29 is 18.7 Å². The van der Waals surface area contributed by atoms with Gasteiger partial charge in [0.05, 0.1) is 19.1 Å². The lowest BCUT2D eigenvalue weighted by molar-refractivity contribution is -0.115. The first-order valence-electron chi connectivity index (χ1n) is 6.68. The Morgan fingerprint density at radius 1 is 1.17 bits per heavy atom. The van der Waals surface area contributed by atoms with Gasteiger partial charge in [-0.1, -0.05) is 24.0 Å². The van der Waals surface area contributed by atoms with Crippen LogP contribution in [-0.2, 0) is 4.79 Å². The maximum Gasteiger partial charge on any atom is 0.263 e. The summed E-state index contributed by atoms with van der Waals surface area (Å²) in [4.78, 5) is 12.2. The average Bonchev–Trinajstić information content (AvgIpc) is 3.13. The van der Waals surface area contributed by atoms with Gasteiger partial charge in [-0.25, -0.2) is 0 Å². The Kier molecular flexibility index (Phi) is 4.40. The summed E-state index contributed by atoms with van der Waals surface area (Å²) in [5.41, 5.74) is 0.853. The highest BCUT2D eigenvalue weighted by Crippen LogP contribution is 2.34. The largest absolute Gasteiger partial charge is 0.493 e. The molecule has 0 aliphatic carbocycles. The molecule has 1 aliphatic heterocycles. The summed E-state index contributed by atoms with van der Waals surface area (Å²) >= 11 is 6.18. The Morgan fingerprint density at radius 2 is 1.96 bits per heavy atom. The van der Waals surface area contributed by atoms with Crippen LogP contribution in [0.5, 0.6) is 11.5 Å². The number of rotatable bonds is 4. The van der Waals surface area contributed by atoms with E-state index in [4.69, 9.17) is 26.1 Å². The molecule has 1 N–H and O–H groups in total. The van der Waals surface area contributed by atoms with Gasteiger partial charge in [-0.15, -0.1) is 0 Å². The zero-order valence-electron chi connectivity index (χ0n) is 12.4. The van der Waals surface area contributed by atoms with Gasteiger partial charge in [-0.3, -0.25) is 4.79 Å². The van der Waals surface area contributed by atoms with Gasteiger partial charge in [0.1, 0.15) is 15.8 Å². The first-order valence-corrected chi connectivity index (χ1v) is 7.90. The molecular formula is C16H13NO4S2. The van der Waals surface area contributed by atoms with Crippen LogP contribution in [0.3, 0.4) is 0 Å². The number of carbonyl (C=O) groups is 1. The Morgan fingerprint density at radius 3 is 2.61 bits per heavy atom. The van der Waals surface area contributed by atoms with Crippen LogP contribution < -0.4 is 14.8 Å². The van der Waals surface area contributed by atoms with Crippen molar-refractivity contribution in [2.45, 2.75) is 0 Å². The minimum Gasteiger partial charge on any atom is -0.493 e. The van der Waals surface area contributed by atoms with Gasteiger partial charge >= 0.3 is 0 Å². The minimum atomic E-state index is -0.205. The van der Waals surface area contributed by atoms with E-state index in [1.807, 2.05) is 24.3 Å². The van der Waals surface area contributed by atoms with Crippen molar-refractivity contribution in [1.82, 2.24) is 5.32 Å². The van der Waals surface area contributed by atoms with Crippen LogP contribution >= 0.6 is 24.0 Å². The summed E-state index contributed by atoms with van der Waals surface area (Å²) in [5.74, 6) is 2.32. The Hall–Kier alpha value is -2.25.